The van der Waals surface area contributed by atoms with E-state index in [0.717, 1.165) is 6.42 Å². The Morgan fingerprint density at radius 3 is 1.63 bits per heavy atom. The minimum atomic E-state index is -1.68. The van der Waals surface area contributed by atoms with E-state index in [-0.39, 0.29) is 103 Å². The Kier molecular flexibility index (Phi) is 28.4. The fraction of sp³-hybridized carbons (Fsp3) is 0.750. The molecule has 4 unspecified atom stereocenters. The van der Waals surface area contributed by atoms with E-state index in [2.05, 4.69) is 31.9 Å². The van der Waals surface area contributed by atoms with Crippen molar-refractivity contribution in [2.24, 2.45) is 17.1 Å². The molecule has 0 aliphatic rings. The van der Waals surface area contributed by atoms with Crippen LogP contribution in [0.4, 0.5) is 0 Å². The maximum Gasteiger partial charge on any atom is 0.326 e. The maximum atomic E-state index is 12.8. The number of hydrogen-bond donors (Lipinski definition) is 10. The summed E-state index contributed by atoms with van der Waals surface area (Å²) < 4.78 is 21.2. The van der Waals surface area contributed by atoms with Gasteiger partial charge in [-0.1, -0.05) is 20.8 Å². The van der Waals surface area contributed by atoms with E-state index in [1.165, 1.54) is 20.8 Å². The molecule has 23 heteroatoms. The first kappa shape index (κ1) is 54.0. The summed E-state index contributed by atoms with van der Waals surface area (Å²) in [7, 11) is 1.66. The molecular formula is C36H63N7O16. The normalized spacial score (nSPS) is 13.2. The smallest absolute Gasteiger partial charge is 0.326 e. The van der Waals surface area contributed by atoms with Crippen molar-refractivity contribution in [2.75, 3.05) is 79.5 Å². The van der Waals surface area contributed by atoms with Crippen LogP contribution in [0.5, 0.6) is 0 Å². The van der Waals surface area contributed by atoms with E-state index >= 15 is 0 Å². The highest BCUT2D eigenvalue weighted by molar-refractivity contribution is 5.90. The minimum absolute atomic E-state index is 0.0999. The van der Waals surface area contributed by atoms with Crippen molar-refractivity contribution in [2.45, 2.75) is 83.8 Å². The second-order valence-corrected chi connectivity index (χ2v) is 14.0. The third kappa shape index (κ3) is 27.4. The summed E-state index contributed by atoms with van der Waals surface area (Å²) in [5.74, 6) is -8.32. The van der Waals surface area contributed by atoms with E-state index in [1.54, 1.807) is 7.05 Å². The summed E-state index contributed by atoms with van der Waals surface area (Å²) >= 11 is 0. The highest BCUT2D eigenvalue weighted by Crippen LogP contribution is 2.26. The Morgan fingerprint density at radius 1 is 0.627 bits per heavy atom. The van der Waals surface area contributed by atoms with Crippen molar-refractivity contribution < 1.29 is 77.4 Å². The number of carboxylic acids is 3. The number of ether oxygens (including phenoxy) is 4. The van der Waals surface area contributed by atoms with Crippen LogP contribution >= 0.6 is 0 Å². The van der Waals surface area contributed by atoms with E-state index in [1.807, 2.05) is 0 Å². The number of amides is 6. The van der Waals surface area contributed by atoms with Gasteiger partial charge in [-0.05, 0) is 39.2 Å². The average molecular weight is 850 g/mol. The molecule has 0 aliphatic carbocycles. The number of carbonyl (C=O) groups is 9. The molecule has 0 heterocycles. The summed E-state index contributed by atoms with van der Waals surface area (Å²) in [5, 5.41) is 42.9. The molecule has 6 amide bonds. The zero-order chi connectivity index (χ0) is 44.8. The predicted molar refractivity (Wildman–Crippen MR) is 206 cm³/mol. The lowest BCUT2D eigenvalue weighted by molar-refractivity contribution is -0.148. The molecule has 0 aromatic heterocycles. The van der Waals surface area contributed by atoms with Crippen LogP contribution in [0.25, 0.3) is 0 Å². The summed E-state index contributed by atoms with van der Waals surface area (Å²) in [6, 6.07) is -3.48. The van der Waals surface area contributed by atoms with E-state index < -0.39 is 71.4 Å². The number of nitrogens with two attached hydrogens (primary N) is 1. The second kappa shape index (κ2) is 31.0. The highest BCUT2D eigenvalue weighted by Gasteiger charge is 2.36. The van der Waals surface area contributed by atoms with Crippen molar-refractivity contribution >= 4 is 53.4 Å². The first-order chi connectivity index (χ1) is 27.8. The predicted octanol–water partition coefficient (Wildman–Crippen LogP) is -2.91. The molecule has 4 atom stereocenters. The fourth-order valence-corrected chi connectivity index (χ4v) is 5.14. The lowest BCUT2D eigenvalue weighted by Gasteiger charge is -2.28. The van der Waals surface area contributed by atoms with Crippen LogP contribution in [-0.4, -0.2) is 166 Å². The zero-order valence-corrected chi connectivity index (χ0v) is 34.3. The second-order valence-electron chi connectivity index (χ2n) is 14.0. The van der Waals surface area contributed by atoms with Crippen LogP contribution < -0.4 is 37.6 Å². The van der Waals surface area contributed by atoms with Gasteiger partial charge in [0.25, 0.3) is 0 Å². The molecule has 11 N–H and O–H groups in total. The lowest BCUT2D eigenvalue weighted by atomic mass is 9.81. The lowest BCUT2D eigenvalue weighted by Crippen LogP contribution is -2.49. The van der Waals surface area contributed by atoms with Crippen LogP contribution in [0, 0.1) is 11.3 Å². The Bertz CT molecular complexity index is 1370. The van der Waals surface area contributed by atoms with E-state index in [9.17, 15) is 53.4 Å². The first-order valence-corrected chi connectivity index (χ1v) is 19.2. The molecule has 0 saturated heterocycles. The number of unbranched alkanes of at least 4 members (excludes halogenated alkanes) is 1. The number of likely N-dealkylation sites (N-methyl/N-ethyl adjacent to an activating group) is 1. The topological polar surface area (TPSA) is 349 Å². The van der Waals surface area contributed by atoms with Gasteiger partial charge in [-0.2, -0.15) is 0 Å². The van der Waals surface area contributed by atoms with Gasteiger partial charge >= 0.3 is 17.9 Å². The largest absolute Gasteiger partial charge is 0.481 e. The van der Waals surface area contributed by atoms with Gasteiger partial charge in [0.2, 0.25) is 35.4 Å². The van der Waals surface area contributed by atoms with Gasteiger partial charge in [-0.25, -0.2) is 9.59 Å². The Hall–Kier alpha value is -4.97. The van der Waals surface area contributed by atoms with Crippen molar-refractivity contribution in [1.29, 1.82) is 0 Å². The van der Waals surface area contributed by atoms with Crippen molar-refractivity contribution in [3.05, 3.63) is 0 Å². The summed E-state index contributed by atoms with van der Waals surface area (Å²) in [4.78, 5) is 106. The van der Waals surface area contributed by atoms with Crippen LogP contribution in [0.1, 0.15) is 65.7 Å². The average Bonchev–Trinajstić information content (AvgIpc) is 3.15. The SMILES string of the molecule is CNC(CCCCNC(=O)COCCOCCNC(=O)COCCOCCNC(=O)CCC(NC(=O)C(C)CC(C)(C)C(=O)NC(CC(=O)O)C(=O)O)C(=O)O)C(N)=O. The van der Waals surface area contributed by atoms with Gasteiger partial charge in [0.1, 0.15) is 25.3 Å². The fourth-order valence-electron chi connectivity index (χ4n) is 5.14. The van der Waals surface area contributed by atoms with Crippen molar-refractivity contribution in [3.8, 4) is 0 Å². The molecule has 0 aromatic carbocycles. The highest BCUT2D eigenvalue weighted by atomic mass is 16.5. The van der Waals surface area contributed by atoms with Gasteiger partial charge < -0.3 is 71.9 Å². The summed E-state index contributed by atoms with van der Waals surface area (Å²) in [6.45, 7) is 5.72. The monoisotopic (exact) mass is 849 g/mol. The van der Waals surface area contributed by atoms with Crippen LogP contribution in [0.15, 0.2) is 0 Å². The van der Waals surface area contributed by atoms with Gasteiger partial charge in [0.05, 0.1) is 52.1 Å². The molecule has 0 fully saturated rings. The van der Waals surface area contributed by atoms with E-state index in [4.69, 9.17) is 29.8 Å². The molecule has 0 rings (SSSR count). The molecule has 0 saturated carbocycles. The summed E-state index contributed by atoms with van der Waals surface area (Å²) in [6.07, 6.45) is 0.553. The van der Waals surface area contributed by atoms with E-state index in [0.29, 0.717) is 19.4 Å². The molecular weight excluding hydrogens is 786 g/mol. The number of rotatable bonds is 36. The Morgan fingerprint density at radius 2 is 1.14 bits per heavy atom. The first-order valence-electron chi connectivity index (χ1n) is 19.2. The third-order valence-corrected chi connectivity index (χ3v) is 8.42. The molecule has 59 heavy (non-hydrogen) atoms. The van der Waals surface area contributed by atoms with Crippen LogP contribution in [0.2, 0.25) is 0 Å². The van der Waals surface area contributed by atoms with Crippen LogP contribution in [-0.2, 0) is 62.1 Å². The van der Waals surface area contributed by atoms with Gasteiger partial charge in [0.15, 0.2) is 0 Å². The maximum absolute atomic E-state index is 12.8. The standard InChI is InChI=1S/C36H63N7O16/c1-23(20-36(2,3)35(55)43-26(34(53)54)19-30(47)48)32(50)42-25(33(51)52)8-9-27(44)40-11-13-56-15-18-59-22-29(46)41-12-14-57-16-17-58-21-28(45)39-10-6-5-7-24(38-4)31(37)49/h23-26,38H,5-22H2,1-4H3,(H2,37,49)(H,39,45)(H,40,44)(H,41,46)(H,42,50)(H,43,55)(H,47,48)(H,51,52)(H,53,54). The van der Waals surface area contributed by atoms with Crippen LogP contribution in [0.3, 0.4) is 0 Å². The third-order valence-electron chi connectivity index (χ3n) is 8.42. The number of nitrogens with one attached hydrogen (secondary N) is 6. The van der Waals surface area contributed by atoms with Crippen molar-refractivity contribution in [1.82, 2.24) is 31.9 Å². The molecule has 0 radical (unpaired) electrons. The zero-order valence-electron chi connectivity index (χ0n) is 34.3. The molecule has 338 valence electrons. The molecule has 0 aliphatic heterocycles. The summed E-state index contributed by atoms with van der Waals surface area (Å²) in [5.41, 5.74) is 3.94. The van der Waals surface area contributed by atoms with Gasteiger partial charge in [-0.15, -0.1) is 0 Å². The number of carboxylic acid groups (broad SMARTS) is 3. The van der Waals surface area contributed by atoms with Crippen molar-refractivity contribution in [3.63, 3.8) is 0 Å². The van der Waals surface area contributed by atoms with Gasteiger partial charge in [-0.3, -0.25) is 33.6 Å². The molecule has 23 nitrogen and oxygen atoms in total. The quantitative estimate of drug-likeness (QED) is 0.0283. The minimum Gasteiger partial charge on any atom is -0.481 e. The number of aliphatic carboxylic acids is 3. The number of carbonyl (C=O) groups excluding carboxylic acids is 6. The number of hydrogen-bond acceptors (Lipinski definition) is 14. The molecule has 0 bridgehead atoms. The molecule has 0 spiro atoms. The molecule has 0 aromatic rings. The Labute approximate surface area is 342 Å². The number of primary amides is 1. The van der Waals surface area contributed by atoms with Gasteiger partial charge in [0, 0.05) is 37.4 Å². The Balaban J connectivity index is 4.05.